The van der Waals surface area contributed by atoms with E-state index in [9.17, 15) is 9.59 Å². The molecule has 0 saturated heterocycles. The summed E-state index contributed by atoms with van der Waals surface area (Å²) in [6.07, 6.45) is 2.29. The molecule has 0 unspecified atom stereocenters. The summed E-state index contributed by atoms with van der Waals surface area (Å²) >= 11 is 0. The molecular formula is C16H22N2O5. The lowest BCUT2D eigenvalue weighted by molar-refractivity contribution is 0.0357. The van der Waals surface area contributed by atoms with Crippen LogP contribution >= 0.6 is 0 Å². The molecule has 1 aliphatic rings. The molecule has 126 valence electrons. The minimum Gasteiger partial charge on any atom is -0.488 e. The number of nitrogens with zero attached hydrogens (tertiary/aromatic N) is 1. The Morgan fingerprint density at radius 1 is 1.30 bits per heavy atom. The van der Waals surface area contributed by atoms with E-state index in [-0.39, 0.29) is 17.8 Å². The number of alkyl carbamates (subject to hydrolysis) is 1. The minimum atomic E-state index is -0.539. The molecule has 0 aliphatic heterocycles. The highest BCUT2D eigenvalue weighted by Crippen LogP contribution is 2.28. The predicted octanol–water partition coefficient (Wildman–Crippen LogP) is 2.30. The van der Waals surface area contributed by atoms with Gasteiger partial charge in [0.2, 0.25) is 0 Å². The number of rotatable bonds is 4. The Balaban J connectivity index is 1.83. The highest BCUT2D eigenvalue weighted by Gasteiger charge is 2.34. The number of hydrogen-bond donors (Lipinski definition) is 1. The summed E-state index contributed by atoms with van der Waals surface area (Å²) in [6.45, 7) is 5.45. The van der Waals surface area contributed by atoms with Gasteiger partial charge in [0, 0.05) is 25.1 Å². The summed E-state index contributed by atoms with van der Waals surface area (Å²) in [5, 5.41) is 2.79. The molecule has 1 aromatic heterocycles. The van der Waals surface area contributed by atoms with Gasteiger partial charge in [-0.3, -0.25) is 0 Å². The molecule has 0 aromatic carbocycles. The maximum Gasteiger partial charge on any atom is 0.407 e. The summed E-state index contributed by atoms with van der Waals surface area (Å²) in [7, 11) is 1.30. The highest BCUT2D eigenvalue weighted by molar-refractivity contribution is 5.90. The van der Waals surface area contributed by atoms with E-state index in [0.717, 1.165) is 0 Å². The first-order valence-electron chi connectivity index (χ1n) is 7.48. The van der Waals surface area contributed by atoms with Crippen molar-refractivity contribution in [3.8, 4) is 5.75 Å². The van der Waals surface area contributed by atoms with Gasteiger partial charge in [-0.25, -0.2) is 14.6 Å². The molecule has 1 amide bonds. The first-order chi connectivity index (χ1) is 10.8. The van der Waals surface area contributed by atoms with Crippen LogP contribution in [0.3, 0.4) is 0 Å². The number of carbonyl (C=O) groups excluding carboxylic acids is 2. The van der Waals surface area contributed by atoms with Crippen LogP contribution < -0.4 is 10.1 Å². The first-order valence-corrected chi connectivity index (χ1v) is 7.48. The molecule has 0 atom stereocenters. The largest absolute Gasteiger partial charge is 0.488 e. The van der Waals surface area contributed by atoms with Gasteiger partial charge in [0.1, 0.15) is 11.7 Å². The molecule has 7 nitrogen and oxygen atoms in total. The Kier molecular flexibility index (Phi) is 5.08. The van der Waals surface area contributed by atoms with Gasteiger partial charge in [0.25, 0.3) is 0 Å². The molecule has 1 aromatic rings. The lowest BCUT2D eigenvalue weighted by Crippen LogP contribution is -2.50. The number of aromatic nitrogens is 1. The van der Waals surface area contributed by atoms with E-state index in [1.165, 1.54) is 13.3 Å². The van der Waals surface area contributed by atoms with Crippen molar-refractivity contribution in [3.63, 3.8) is 0 Å². The van der Waals surface area contributed by atoms with Crippen LogP contribution in [0.2, 0.25) is 0 Å². The second kappa shape index (κ2) is 6.85. The molecule has 1 N–H and O–H groups in total. The van der Waals surface area contributed by atoms with Crippen molar-refractivity contribution in [2.75, 3.05) is 7.11 Å². The number of ether oxygens (including phenoxy) is 3. The van der Waals surface area contributed by atoms with Crippen molar-refractivity contribution in [2.45, 2.75) is 51.4 Å². The number of nitrogens with one attached hydrogen (secondary N) is 1. The molecule has 2 rings (SSSR count). The maximum absolute atomic E-state index is 11.7. The topological polar surface area (TPSA) is 86.8 Å². The molecule has 1 aliphatic carbocycles. The summed E-state index contributed by atoms with van der Waals surface area (Å²) in [5.74, 6) is -0.150. The fourth-order valence-electron chi connectivity index (χ4n) is 2.17. The fourth-order valence-corrected chi connectivity index (χ4v) is 2.17. The molecule has 1 fully saturated rings. The minimum absolute atomic E-state index is 0.00750. The van der Waals surface area contributed by atoms with Crippen LogP contribution in [0.15, 0.2) is 18.3 Å². The van der Waals surface area contributed by atoms with Crippen molar-refractivity contribution in [2.24, 2.45) is 0 Å². The van der Waals surface area contributed by atoms with Crippen LogP contribution in [0.1, 0.15) is 44.1 Å². The molecule has 0 spiro atoms. The van der Waals surface area contributed by atoms with Crippen LogP contribution in [0, 0.1) is 0 Å². The van der Waals surface area contributed by atoms with Crippen LogP contribution in [0.5, 0.6) is 5.75 Å². The Bertz CT molecular complexity index is 576. The molecule has 1 heterocycles. The number of pyridine rings is 1. The second-order valence-electron chi connectivity index (χ2n) is 6.40. The summed E-state index contributed by atoms with van der Waals surface area (Å²) in [4.78, 5) is 27.3. The van der Waals surface area contributed by atoms with Gasteiger partial charge in [-0.2, -0.15) is 0 Å². The lowest BCUT2D eigenvalue weighted by Gasteiger charge is -2.36. The van der Waals surface area contributed by atoms with E-state index in [1.54, 1.807) is 12.1 Å². The second-order valence-corrected chi connectivity index (χ2v) is 6.40. The molecule has 0 radical (unpaired) electrons. The highest BCUT2D eigenvalue weighted by atomic mass is 16.6. The van der Waals surface area contributed by atoms with Crippen molar-refractivity contribution < 1.29 is 23.8 Å². The quantitative estimate of drug-likeness (QED) is 0.856. The van der Waals surface area contributed by atoms with E-state index < -0.39 is 17.7 Å². The van der Waals surface area contributed by atoms with Crippen molar-refractivity contribution >= 4 is 12.1 Å². The van der Waals surface area contributed by atoms with Crippen LogP contribution in [-0.4, -0.2) is 41.9 Å². The number of methoxy groups -OCH3 is 1. The maximum atomic E-state index is 11.7. The zero-order valence-corrected chi connectivity index (χ0v) is 13.8. The zero-order chi connectivity index (χ0) is 17.0. The number of hydrogen-bond acceptors (Lipinski definition) is 6. The van der Waals surface area contributed by atoms with Crippen LogP contribution in [-0.2, 0) is 9.47 Å². The van der Waals surface area contributed by atoms with Gasteiger partial charge in [-0.05, 0) is 32.9 Å². The van der Waals surface area contributed by atoms with E-state index >= 15 is 0 Å². The molecule has 23 heavy (non-hydrogen) atoms. The summed E-state index contributed by atoms with van der Waals surface area (Å²) < 4.78 is 15.6. The SMILES string of the molecule is COC(=O)c1ncccc1O[C@H]1C[C@@H](NC(=O)OC(C)(C)C)C1. The third-order valence-corrected chi connectivity index (χ3v) is 3.26. The van der Waals surface area contributed by atoms with Crippen LogP contribution in [0.4, 0.5) is 4.79 Å². The number of esters is 1. The number of amides is 1. The van der Waals surface area contributed by atoms with Crippen molar-refractivity contribution in [1.29, 1.82) is 0 Å². The molecule has 0 bridgehead atoms. The average Bonchev–Trinajstić information content (AvgIpc) is 2.42. The van der Waals surface area contributed by atoms with Gasteiger partial charge < -0.3 is 19.5 Å². The Hall–Kier alpha value is -2.31. The summed E-state index contributed by atoms with van der Waals surface area (Å²) in [6, 6.07) is 3.37. The third kappa shape index (κ3) is 4.84. The monoisotopic (exact) mass is 322 g/mol. The molecule has 1 saturated carbocycles. The average molecular weight is 322 g/mol. The normalized spacial score (nSPS) is 20.2. The van der Waals surface area contributed by atoms with Crippen molar-refractivity contribution in [1.82, 2.24) is 10.3 Å². The van der Waals surface area contributed by atoms with Gasteiger partial charge in [-0.15, -0.1) is 0 Å². The zero-order valence-electron chi connectivity index (χ0n) is 13.8. The Morgan fingerprint density at radius 2 is 2.00 bits per heavy atom. The first kappa shape index (κ1) is 17.1. The van der Waals surface area contributed by atoms with Gasteiger partial charge in [-0.1, -0.05) is 0 Å². The van der Waals surface area contributed by atoms with Crippen molar-refractivity contribution in [3.05, 3.63) is 24.0 Å². The van der Waals surface area contributed by atoms with Crippen LogP contribution in [0.25, 0.3) is 0 Å². The Labute approximate surface area is 135 Å². The number of carbonyl (C=O) groups is 2. The van der Waals surface area contributed by atoms with E-state index in [1.807, 2.05) is 20.8 Å². The van der Waals surface area contributed by atoms with E-state index in [2.05, 4.69) is 15.0 Å². The van der Waals surface area contributed by atoms with Gasteiger partial charge >= 0.3 is 12.1 Å². The van der Waals surface area contributed by atoms with E-state index in [4.69, 9.17) is 9.47 Å². The van der Waals surface area contributed by atoms with Gasteiger partial charge in [0.05, 0.1) is 7.11 Å². The Morgan fingerprint density at radius 3 is 2.61 bits per heavy atom. The standard InChI is InChI=1S/C16H22N2O5/c1-16(2,3)23-15(20)18-10-8-11(9-10)22-12-6-5-7-17-13(12)14(19)21-4/h5-7,10-11H,8-9H2,1-4H3,(H,18,20)/t10-,11+. The smallest absolute Gasteiger partial charge is 0.407 e. The van der Waals surface area contributed by atoms with Gasteiger partial charge in [0.15, 0.2) is 11.4 Å². The molecular weight excluding hydrogens is 300 g/mol. The third-order valence-electron chi connectivity index (χ3n) is 3.26. The van der Waals surface area contributed by atoms with E-state index in [0.29, 0.717) is 18.6 Å². The predicted molar refractivity (Wildman–Crippen MR) is 82.4 cm³/mol. The fraction of sp³-hybridized carbons (Fsp3) is 0.562. The lowest BCUT2D eigenvalue weighted by atomic mass is 9.89. The molecule has 7 heteroatoms. The summed E-state index contributed by atoms with van der Waals surface area (Å²) in [5.41, 5.74) is -0.368.